The van der Waals surface area contributed by atoms with Crippen molar-refractivity contribution in [2.45, 2.75) is 13.8 Å². The Hall–Kier alpha value is -3.16. The maximum Gasteiger partial charge on any atom is 0.291 e. The summed E-state index contributed by atoms with van der Waals surface area (Å²) >= 11 is 0. The van der Waals surface area contributed by atoms with Gasteiger partial charge in [-0.05, 0) is 32.0 Å². The number of benzene rings is 1. The van der Waals surface area contributed by atoms with E-state index >= 15 is 0 Å². The molecule has 0 radical (unpaired) electrons. The summed E-state index contributed by atoms with van der Waals surface area (Å²) in [4.78, 5) is 20.6. The number of methoxy groups -OCH3 is 1. The summed E-state index contributed by atoms with van der Waals surface area (Å²) < 4.78 is 12.4. The number of para-hydroxylation sites is 2. The first-order valence-corrected chi connectivity index (χ1v) is 7.83. The van der Waals surface area contributed by atoms with Gasteiger partial charge >= 0.3 is 0 Å². The van der Waals surface area contributed by atoms with E-state index in [4.69, 9.17) is 9.47 Å². The zero-order chi connectivity index (χ0) is 17.8. The molecular weight excluding hydrogens is 322 g/mol. The topological polar surface area (TPSA) is 90.6 Å². The maximum absolute atomic E-state index is 12.2. The molecular formula is C17H19N5O3. The SMILES string of the molecule is COc1ccccc1OCCNC(=O)c1nc2nc(C)cc(C)n2n1. The van der Waals surface area contributed by atoms with Crippen molar-refractivity contribution >= 4 is 11.7 Å². The van der Waals surface area contributed by atoms with E-state index in [1.165, 1.54) is 0 Å². The highest BCUT2D eigenvalue weighted by molar-refractivity contribution is 5.90. The smallest absolute Gasteiger partial charge is 0.291 e. The van der Waals surface area contributed by atoms with Crippen molar-refractivity contribution in [1.82, 2.24) is 24.9 Å². The molecule has 1 aromatic carbocycles. The molecule has 0 bridgehead atoms. The second-order valence-corrected chi connectivity index (χ2v) is 5.44. The molecule has 0 atom stereocenters. The monoisotopic (exact) mass is 341 g/mol. The average Bonchev–Trinajstić information content (AvgIpc) is 3.03. The van der Waals surface area contributed by atoms with Gasteiger partial charge in [-0.15, -0.1) is 5.10 Å². The number of aromatic nitrogens is 4. The van der Waals surface area contributed by atoms with Crippen LogP contribution in [0, 0.1) is 13.8 Å². The van der Waals surface area contributed by atoms with Crippen LogP contribution in [0.15, 0.2) is 30.3 Å². The molecule has 0 aliphatic carbocycles. The Morgan fingerprint density at radius 1 is 1.20 bits per heavy atom. The van der Waals surface area contributed by atoms with Crippen LogP contribution in [0.4, 0.5) is 0 Å². The van der Waals surface area contributed by atoms with Crippen LogP contribution in [0.1, 0.15) is 22.0 Å². The molecule has 130 valence electrons. The van der Waals surface area contributed by atoms with Gasteiger partial charge in [0.05, 0.1) is 13.7 Å². The van der Waals surface area contributed by atoms with Crippen LogP contribution < -0.4 is 14.8 Å². The van der Waals surface area contributed by atoms with Crippen molar-refractivity contribution in [3.8, 4) is 11.5 Å². The van der Waals surface area contributed by atoms with Crippen LogP contribution in [-0.2, 0) is 0 Å². The lowest BCUT2D eigenvalue weighted by Crippen LogP contribution is -2.29. The molecule has 3 rings (SSSR count). The Labute approximate surface area is 144 Å². The van der Waals surface area contributed by atoms with Crippen molar-refractivity contribution in [2.24, 2.45) is 0 Å². The van der Waals surface area contributed by atoms with Crippen molar-refractivity contribution in [2.75, 3.05) is 20.3 Å². The zero-order valence-corrected chi connectivity index (χ0v) is 14.3. The lowest BCUT2D eigenvalue weighted by atomic mass is 10.3. The molecule has 0 aliphatic rings. The highest BCUT2D eigenvalue weighted by Crippen LogP contribution is 2.25. The first-order chi connectivity index (χ1) is 12.1. The van der Waals surface area contributed by atoms with Crippen molar-refractivity contribution in [3.05, 3.63) is 47.5 Å². The minimum Gasteiger partial charge on any atom is -0.493 e. The van der Waals surface area contributed by atoms with Crippen molar-refractivity contribution in [3.63, 3.8) is 0 Å². The van der Waals surface area contributed by atoms with E-state index in [0.29, 0.717) is 30.4 Å². The van der Waals surface area contributed by atoms with Crippen LogP contribution in [0.2, 0.25) is 0 Å². The summed E-state index contributed by atoms with van der Waals surface area (Å²) in [5.74, 6) is 1.39. The summed E-state index contributed by atoms with van der Waals surface area (Å²) in [6, 6.07) is 9.21. The van der Waals surface area contributed by atoms with E-state index in [9.17, 15) is 4.79 Å². The number of carbonyl (C=O) groups excluding carboxylic acids is 1. The molecule has 1 amide bonds. The number of nitrogens with one attached hydrogen (secondary N) is 1. The van der Waals surface area contributed by atoms with Gasteiger partial charge in [0, 0.05) is 11.4 Å². The highest BCUT2D eigenvalue weighted by atomic mass is 16.5. The van der Waals surface area contributed by atoms with E-state index in [-0.39, 0.29) is 11.7 Å². The van der Waals surface area contributed by atoms with Gasteiger partial charge in [-0.1, -0.05) is 12.1 Å². The first-order valence-electron chi connectivity index (χ1n) is 7.83. The van der Waals surface area contributed by atoms with Gasteiger partial charge < -0.3 is 14.8 Å². The standard InChI is InChI=1S/C17H19N5O3/c1-11-10-12(2)22-17(19-11)20-15(21-22)16(23)18-8-9-25-14-7-5-4-6-13(14)24-3/h4-7,10H,8-9H2,1-3H3,(H,18,23). The predicted octanol–water partition coefficient (Wildman–Crippen LogP) is 1.56. The summed E-state index contributed by atoms with van der Waals surface area (Å²) in [5, 5.41) is 6.92. The molecule has 8 heteroatoms. The van der Waals surface area contributed by atoms with Crippen LogP contribution in [-0.4, -0.2) is 45.8 Å². The largest absolute Gasteiger partial charge is 0.493 e. The van der Waals surface area contributed by atoms with Crippen molar-refractivity contribution < 1.29 is 14.3 Å². The van der Waals surface area contributed by atoms with E-state index in [1.54, 1.807) is 17.7 Å². The number of aryl methyl sites for hydroxylation is 2. The van der Waals surface area contributed by atoms with E-state index in [0.717, 1.165) is 11.4 Å². The van der Waals surface area contributed by atoms with Gasteiger partial charge in [0.25, 0.3) is 11.7 Å². The number of amides is 1. The molecule has 0 aliphatic heterocycles. The lowest BCUT2D eigenvalue weighted by molar-refractivity contribution is 0.0936. The third kappa shape index (κ3) is 3.68. The number of nitrogens with zero attached hydrogens (tertiary/aromatic N) is 4. The van der Waals surface area contributed by atoms with E-state index < -0.39 is 0 Å². The number of hydrogen-bond donors (Lipinski definition) is 1. The number of rotatable bonds is 6. The van der Waals surface area contributed by atoms with E-state index in [1.807, 2.05) is 38.1 Å². The van der Waals surface area contributed by atoms with Gasteiger partial charge in [0.2, 0.25) is 5.82 Å². The van der Waals surface area contributed by atoms with Gasteiger partial charge in [0.1, 0.15) is 6.61 Å². The third-order valence-electron chi connectivity index (χ3n) is 3.54. The average molecular weight is 341 g/mol. The predicted molar refractivity (Wildman–Crippen MR) is 91.1 cm³/mol. The molecule has 25 heavy (non-hydrogen) atoms. The fourth-order valence-electron chi connectivity index (χ4n) is 2.41. The minimum absolute atomic E-state index is 0.0819. The van der Waals surface area contributed by atoms with Crippen LogP contribution >= 0.6 is 0 Å². The van der Waals surface area contributed by atoms with Crippen LogP contribution in [0.25, 0.3) is 5.78 Å². The van der Waals surface area contributed by atoms with Gasteiger partial charge in [0.15, 0.2) is 11.5 Å². The van der Waals surface area contributed by atoms with Gasteiger partial charge in [-0.25, -0.2) is 9.50 Å². The molecule has 0 fully saturated rings. The molecule has 3 aromatic rings. The number of ether oxygens (including phenoxy) is 2. The van der Waals surface area contributed by atoms with Gasteiger partial charge in [-0.2, -0.15) is 4.98 Å². The summed E-state index contributed by atoms with van der Waals surface area (Å²) in [7, 11) is 1.58. The molecule has 0 spiro atoms. The zero-order valence-electron chi connectivity index (χ0n) is 14.3. The quantitative estimate of drug-likeness (QED) is 0.684. The Morgan fingerprint density at radius 2 is 1.96 bits per heavy atom. The molecule has 1 N–H and O–H groups in total. The lowest BCUT2D eigenvalue weighted by Gasteiger charge is -2.10. The Kier molecular flexibility index (Phi) is 4.78. The Morgan fingerprint density at radius 3 is 2.72 bits per heavy atom. The van der Waals surface area contributed by atoms with Crippen LogP contribution in [0.3, 0.4) is 0 Å². The summed E-state index contributed by atoms with van der Waals surface area (Å²) in [5.41, 5.74) is 1.70. The summed E-state index contributed by atoms with van der Waals surface area (Å²) in [6.45, 7) is 4.38. The minimum atomic E-state index is -0.369. The second-order valence-electron chi connectivity index (χ2n) is 5.44. The molecule has 2 aromatic heterocycles. The highest BCUT2D eigenvalue weighted by Gasteiger charge is 2.14. The molecule has 0 unspecified atom stereocenters. The Bertz CT molecular complexity index is 906. The molecule has 0 saturated heterocycles. The maximum atomic E-state index is 12.2. The molecule has 0 saturated carbocycles. The fraction of sp³-hybridized carbons (Fsp3) is 0.294. The third-order valence-corrected chi connectivity index (χ3v) is 3.54. The second kappa shape index (κ2) is 7.16. The Balaban J connectivity index is 1.59. The molecule has 2 heterocycles. The normalized spacial score (nSPS) is 10.7. The van der Waals surface area contributed by atoms with Crippen molar-refractivity contribution in [1.29, 1.82) is 0 Å². The fourth-order valence-corrected chi connectivity index (χ4v) is 2.41. The number of carbonyl (C=O) groups is 1. The van der Waals surface area contributed by atoms with Gasteiger partial charge in [-0.3, -0.25) is 4.79 Å². The number of hydrogen-bond acceptors (Lipinski definition) is 6. The number of fused-ring (bicyclic) bond motifs is 1. The molecule has 8 nitrogen and oxygen atoms in total. The first kappa shape index (κ1) is 16.7. The van der Waals surface area contributed by atoms with Crippen LogP contribution in [0.5, 0.6) is 11.5 Å². The van der Waals surface area contributed by atoms with E-state index in [2.05, 4.69) is 20.4 Å². The summed E-state index contributed by atoms with van der Waals surface area (Å²) in [6.07, 6.45) is 0.